The van der Waals surface area contributed by atoms with E-state index in [-0.39, 0.29) is 6.61 Å². The third kappa shape index (κ3) is 1.29. The molecule has 5 heteroatoms. The zero-order valence-corrected chi connectivity index (χ0v) is 6.69. The molecule has 11 heavy (non-hydrogen) atoms. The fraction of sp³-hybridized carbons (Fsp3) is 1.00. The minimum Gasteiger partial charge on any atom is -0.394 e. The molecule has 1 rings (SSSR count). The van der Waals surface area contributed by atoms with Gasteiger partial charge in [0.05, 0.1) is 18.2 Å². The summed E-state index contributed by atoms with van der Waals surface area (Å²) >= 11 is 0. The molecule has 0 radical (unpaired) electrons. The lowest BCUT2D eigenvalue weighted by molar-refractivity contribution is -0.0498. The maximum atomic E-state index is 9.35. The van der Waals surface area contributed by atoms with Crippen molar-refractivity contribution in [3.05, 3.63) is 0 Å². The van der Waals surface area contributed by atoms with Crippen molar-refractivity contribution in [2.24, 2.45) is 0 Å². The van der Waals surface area contributed by atoms with E-state index in [1.807, 2.05) is 0 Å². The predicted octanol–water partition coefficient (Wildman–Crippen LogP) is -2.55. The molecule has 1 heterocycles. The normalized spacial score (nSPS) is 51.5. The van der Waals surface area contributed by atoms with E-state index in [0.717, 1.165) is 0 Å². The van der Waals surface area contributed by atoms with Crippen molar-refractivity contribution in [2.75, 3.05) is 6.61 Å². The highest BCUT2D eigenvalue weighted by Crippen LogP contribution is 2.27. The average molecular weight is 160 g/mol. The molecule has 0 amide bonds. The molecule has 1 saturated heterocycles. The third-order valence-corrected chi connectivity index (χ3v) is 2.20. The zero-order valence-electron chi connectivity index (χ0n) is 6.69. The summed E-state index contributed by atoms with van der Waals surface area (Å²) in [5.74, 6) is 0. The molecular weight excluding hydrogens is 147 g/mol. The maximum absolute atomic E-state index is 9.35. The summed E-state index contributed by atoms with van der Waals surface area (Å²) in [5.41, 5.74) is -1.00. The van der Waals surface area contributed by atoms with E-state index in [1.165, 1.54) is 0 Å². The van der Waals surface area contributed by atoms with Gasteiger partial charge < -0.3 is 20.1 Å². The number of ether oxygens (including phenoxy) is 1. The Bertz CT molecular complexity index is 154. The van der Waals surface area contributed by atoms with Crippen LogP contribution in [0, 0.1) is 0 Å². The van der Waals surface area contributed by atoms with Crippen molar-refractivity contribution in [2.45, 2.75) is 30.7 Å². The monoisotopic (exact) mass is 160 g/mol. The number of rotatable bonds is 1. The lowest BCUT2D eigenvalue weighted by atomic mass is 9.77. The Kier molecular flexibility index (Phi) is 2.25. The van der Waals surface area contributed by atoms with E-state index >= 15 is 0 Å². The molecule has 0 bridgehead atoms. The van der Waals surface area contributed by atoms with Gasteiger partial charge in [-0.25, -0.2) is 0 Å². The summed E-state index contributed by atoms with van der Waals surface area (Å²) < 4.78 is 5.17. The van der Waals surface area contributed by atoms with Crippen molar-refractivity contribution < 1.29 is 20.1 Å². The van der Waals surface area contributed by atoms with Gasteiger partial charge in [0, 0.05) is 0 Å². The summed E-state index contributed by atoms with van der Waals surface area (Å²) in [5, 5.41) is 27.4. The van der Waals surface area contributed by atoms with E-state index < -0.39 is 23.8 Å². The molecule has 2 unspecified atom stereocenters. The Morgan fingerprint density at radius 1 is 1.55 bits per heavy atom. The molecule has 0 aromatic heterocycles. The summed E-state index contributed by atoms with van der Waals surface area (Å²) in [6.07, 6.45) is -2.31. The maximum Gasteiger partial charge on any atom is 0.149 e. The Hall–Kier alpha value is -0.0951. The second-order valence-electron chi connectivity index (χ2n) is 3.23. The molecular formula is C6H13BO4. The number of hydrogen-bond acceptors (Lipinski definition) is 4. The molecule has 1 aliphatic rings. The molecule has 0 aliphatic carbocycles. The van der Waals surface area contributed by atoms with Crippen LogP contribution in [-0.4, -0.2) is 53.6 Å². The first-order valence-electron chi connectivity index (χ1n) is 3.66. The first-order valence-corrected chi connectivity index (χ1v) is 3.66. The van der Waals surface area contributed by atoms with Gasteiger partial charge in [-0.1, -0.05) is 0 Å². The van der Waals surface area contributed by atoms with Crippen LogP contribution in [0.25, 0.3) is 0 Å². The summed E-state index contributed by atoms with van der Waals surface area (Å²) in [4.78, 5) is 0. The van der Waals surface area contributed by atoms with Crippen LogP contribution in [0.3, 0.4) is 0 Å². The number of aliphatic hydroxyl groups is 3. The van der Waals surface area contributed by atoms with Crippen molar-refractivity contribution in [1.82, 2.24) is 0 Å². The van der Waals surface area contributed by atoms with Gasteiger partial charge >= 0.3 is 0 Å². The van der Waals surface area contributed by atoms with Gasteiger partial charge in [0.15, 0.2) is 0 Å². The van der Waals surface area contributed by atoms with Gasteiger partial charge in [-0.3, -0.25) is 0 Å². The highest BCUT2D eigenvalue weighted by Gasteiger charge is 2.48. The molecule has 4 atom stereocenters. The Labute approximate surface area is 66.2 Å². The summed E-state index contributed by atoms with van der Waals surface area (Å²) in [6, 6.07) is 0. The van der Waals surface area contributed by atoms with Gasteiger partial charge in [0.1, 0.15) is 20.1 Å². The highest BCUT2D eigenvalue weighted by molar-refractivity contribution is 6.15. The van der Waals surface area contributed by atoms with E-state index in [0.29, 0.717) is 0 Å². The molecule has 0 spiro atoms. The standard InChI is InChI=1S/C6H13BO4/c1-3-4(9)5(10)6(7,2-8)11-3/h3-5,8-10H,2,7H2,1H3/t3-,4?,5+,6?/m0/s1. The van der Waals surface area contributed by atoms with Gasteiger partial charge in [-0.15, -0.1) is 0 Å². The molecule has 3 N–H and O–H groups in total. The van der Waals surface area contributed by atoms with Crippen LogP contribution >= 0.6 is 0 Å². The lowest BCUT2D eigenvalue weighted by Crippen LogP contribution is -2.46. The second kappa shape index (κ2) is 2.75. The van der Waals surface area contributed by atoms with Crippen LogP contribution in [0.4, 0.5) is 0 Å². The van der Waals surface area contributed by atoms with Gasteiger partial charge in [0.25, 0.3) is 0 Å². The van der Waals surface area contributed by atoms with Crippen LogP contribution in [0.5, 0.6) is 0 Å². The fourth-order valence-corrected chi connectivity index (χ4v) is 1.31. The van der Waals surface area contributed by atoms with Crippen molar-refractivity contribution in [1.29, 1.82) is 0 Å². The molecule has 0 aromatic rings. The van der Waals surface area contributed by atoms with Gasteiger partial charge in [0.2, 0.25) is 0 Å². The molecule has 1 fully saturated rings. The third-order valence-electron chi connectivity index (χ3n) is 2.20. The van der Waals surface area contributed by atoms with Crippen LogP contribution in [0.1, 0.15) is 6.92 Å². The Morgan fingerprint density at radius 2 is 2.09 bits per heavy atom. The van der Waals surface area contributed by atoms with Crippen molar-refractivity contribution in [3.8, 4) is 0 Å². The first-order chi connectivity index (χ1) is 5.01. The van der Waals surface area contributed by atoms with Crippen LogP contribution < -0.4 is 0 Å². The number of aliphatic hydroxyl groups excluding tert-OH is 3. The molecule has 1 aliphatic heterocycles. The van der Waals surface area contributed by atoms with Crippen molar-refractivity contribution >= 4 is 7.85 Å². The molecule has 64 valence electrons. The Balaban J connectivity index is 2.73. The zero-order chi connectivity index (χ0) is 8.65. The lowest BCUT2D eigenvalue weighted by Gasteiger charge is -2.24. The van der Waals surface area contributed by atoms with Crippen LogP contribution in [0.15, 0.2) is 0 Å². The molecule has 0 saturated carbocycles. The van der Waals surface area contributed by atoms with E-state index in [2.05, 4.69) is 0 Å². The topological polar surface area (TPSA) is 69.9 Å². The average Bonchev–Trinajstić information content (AvgIpc) is 2.17. The summed E-state index contributed by atoms with van der Waals surface area (Å²) in [6.45, 7) is 1.38. The van der Waals surface area contributed by atoms with Gasteiger partial charge in [-0.2, -0.15) is 0 Å². The van der Waals surface area contributed by atoms with E-state index in [1.54, 1.807) is 14.8 Å². The quantitative estimate of drug-likeness (QED) is 0.369. The smallest absolute Gasteiger partial charge is 0.149 e. The molecule has 4 nitrogen and oxygen atoms in total. The van der Waals surface area contributed by atoms with Gasteiger partial charge in [-0.05, 0) is 6.92 Å². The van der Waals surface area contributed by atoms with E-state index in [9.17, 15) is 10.2 Å². The SMILES string of the molecule is BC1(CO)O[C@@H](C)C(O)[C@H]1O. The first kappa shape index (κ1) is 9.00. The predicted molar refractivity (Wildman–Crippen MR) is 40.9 cm³/mol. The largest absolute Gasteiger partial charge is 0.394 e. The second-order valence-corrected chi connectivity index (χ2v) is 3.23. The van der Waals surface area contributed by atoms with Crippen LogP contribution in [0.2, 0.25) is 0 Å². The van der Waals surface area contributed by atoms with Crippen LogP contribution in [-0.2, 0) is 4.74 Å². The fourth-order valence-electron chi connectivity index (χ4n) is 1.31. The van der Waals surface area contributed by atoms with E-state index in [4.69, 9.17) is 9.84 Å². The highest BCUT2D eigenvalue weighted by atomic mass is 16.6. The van der Waals surface area contributed by atoms with Crippen molar-refractivity contribution in [3.63, 3.8) is 0 Å². The minimum atomic E-state index is -1.00. The number of hydrogen-bond donors (Lipinski definition) is 3. The summed E-state index contributed by atoms with van der Waals surface area (Å²) in [7, 11) is 1.57. The molecule has 0 aromatic carbocycles. The Morgan fingerprint density at radius 3 is 2.27 bits per heavy atom. The minimum absolute atomic E-state index is 0.282.